The normalized spacial score (nSPS) is 18.8. The highest BCUT2D eigenvalue weighted by molar-refractivity contribution is 7.22. The lowest BCUT2D eigenvalue weighted by Crippen LogP contribution is -2.25. The molecule has 1 N–H and O–H groups in total. The van der Waals surface area contributed by atoms with Crippen LogP contribution < -0.4 is 5.32 Å². The quantitative estimate of drug-likeness (QED) is 0.800. The summed E-state index contributed by atoms with van der Waals surface area (Å²) in [7, 11) is 1.95. The van der Waals surface area contributed by atoms with E-state index in [-0.39, 0.29) is 0 Å². The number of aromatic nitrogens is 3. The van der Waals surface area contributed by atoms with Gasteiger partial charge in [0.2, 0.25) is 0 Å². The standard InChI is InChI=1S/C17H21N5S/c1-12-15-16(21(2)20-12)19-17(23-15)18-14-8-9-22(11-14)10-13-6-4-3-5-7-13/h3-7,14H,8-11H2,1-2H3,(H,18,19)/t14-/m1/s1. The Morgan fingerprint density at radius 3 is 2.91 bits per heavy atom. The van der Waals surface area contributed by atoms with E-state index < -0.39 is 0 Å². The van der Waals surface area contributed by atoms with E-state index in [1.54, 1.807) is 11.3 Å². The van der Waals surface area contributed by atoms with E-state index in [1.165, 1.54) is 16.7 Å². The number of benzene rings is 1. The van der Waals surface area contributed by atoms with Gasteiger partial charge in [-0.2, -0.15) is 5.10 Å². The molecule has 0 saturated carbocycles. The molecule has 23 heavy (non-hydrogen) atoms. The van der Waals surface area contributed by atoms with Gasteiger partial charge in [0.1, 0.15) is 0 Å². The van der Waals surface area contributed by atoms with E-state index in [0.29, 0.717) is 6.04 Å². The van der Waals surface area contributed by atoms with Crippen molar-refractivity contribution in [2.24, 2.45) is 7.05 Å². The van der Waals surface area contributed by atoms with Gasteiger partial charge in [-0.05, 0) is 18.9 Å². The number of anilines is 1. The van der Waals surface area contributed by atoms with Gasteiger partial charge < -0.3 is 5.32 Å². The minimum Gasteiger partial charge on any atom is -0.357 e. The van der Waals surface area contributed by atoms with E-state index >= 15 is 0 Å². The third-order valence-electron chi connectivity index (χ3n) is 4.39. The molecule has 1 atom stereocenters. The van der Waals surface area contributed by atoms with Crippen molar-refractivity contribution >= 4 is 26.8 Å². The minimum absolute atomic E-state index is 0.479. The van der Waals surface area contributed by atoms with Crippen LogP contribution in [0.3, 0.4) is 0 Å². The average molecular weight is 327 g/mol. The minimum atomic E-state index is 0.479. The molecule has 2 aromatic heterocycles. The molecule has 0 amide bonds. The van der Waals surface area contributed by atoms with Crippen molar-refractivity contribution < 1.29 is 0 Å². The van der Waals surface area contributed by atoms with Crippen LogP contribution in [0.15, 0.2) is 30.3 Å². The Labute approximate surface area is 139 Å². The fourth-order valence-electron chi connectivity index (χ4n) is 3.26. The molecule has 0 spiro atoms. The smallest absolute Gasteiger partial charge is 0.185 e. The summed E-state index contributed by atoms with van der Waals surface area (Å²) in [6.07, 6.45) is 1.17. The van der Waals surface area contributed by atoms with Crippen LogP contribution in [-0.2, 0) is 13.6 Å². The SMILES string of the molecule is Cc1nn(C)c2nc(N[C@@H]3CCN(Cc4ccccc4)C3)sc12. The van der Waals surface area contributed by atoms with Crippen LogP contribution >= 0.6 is 11.3 Å². The van der Waals surface area contributed by atoms with Crippen LogP contribution in [-0.4, -0.2) is 38.8 Å². The maximum absolute atomic E-state index is 4.69. The Hall–Kier alpha value is -1.92. The van der Waals surface area contributed by atoms with Crippen LogP contribution in [0.1, 0.15) is 17.7 Å². The van der Waals surface area contributed by atoms with Crippen LogP contribution in [0.25, 0.3) is 10.3 Å². The van der Waals surface area contributed by atoms with E-state index in [2.05, 4.69) is 45.6 Å². The van der Waals surface area contributed by atoms with Crippen molar-refractivity contribution in [2.45, 2.75) is 25.9 Å². The molecule has 3 aromatic rings. The molecular formula is C17H21N5S. The number of hydrogen-bond donors (Lipinski definition) is 1. The van der Waals surface area contributed by atoms with E-state index in [1.807, 2.05) is 18.7 Å². The second-order valence-corrected chi connectivity index (χ2v) is 7.23. The van der Waals surface area contributed by atoms with Crippen LogP contribution in [0.2, 0.25) is 0 Å². The molecule has 1 saturated heterocycles. The number of rotatable bonds is 4. The predicted octanol–water partition coefficient (Wildman–Crippen LogP) is 3.02. The largest absolute Gasteiger partial charge is 0.357 e. The molecule has 6 heteroatoms. The number of fused-ring (bicyclic) bond motifs is 1. The van der Waals surface area contributed by atoms with Crippen LogP contribution in [0, 0.1) is 6.92 Å². The molecule has 0 unspecified atom stereocenters. The Morgan fingerprint density at radius 1 is 1.30 bits per heavy atom. The molecule has 120 valence electrons. The zero-order valence-electron chi connectivity index (χ0n) is 13.5. The van der Waals surface area contributed by atoms with Crippen molar-refractivity contribution in [1.82, 2.24) is 19.7 Å². The lowest BCUT2D eigenvalue weighted by molar-refractivity contribution is 0.328. The summed E-state index contributed by atoms with van der Waals surface area (Å²) in [5.41, 5.74) is 3.43. The van der Waals surface area contributed by atoms with Crippen LogP contribution in [0.4, 0.5) is 5.13 Å². The van der Waals surface area contributed by atoms with Crippen LogP contribution in [0.5, 0.6) is 0 Å². The van der Waals surface area contributed by atoms with Crippen molar-refractivity contribution in [2.75, 3.05) is 18.4 Å². The summed E-state index contributed by atoms with van der Waals surface area (Å²) >= 11 is 1.71. The Morgan fingerprint density at radius 2 is 2.13 bits per heavy atom. The molecule has 4 rings (SSSR count). The maximum atomic E-state index is 4.69. The molecule has 0 radical (unpaired) electrons. The maximum Gasteiger partial charge on any atom is 0.185 e. The molecule has 1 fully saturated rings. The predicted molar refractivity (Wildman–Crippen MR) is 94.9 cm³/mol. The van der Waals surface area contributed by atoms with E-state index in [4.69, 9.17) is 4.98 Å². The second kappa shape index (κ2) is 5.94. The summed E-state index contributed by atoms with van der Waals surface area (Å²) < 4.78 is 3.05. The van der Waals surface area contributed by atoms with Crippen molar-refractivity contribution in [1.29, 1.82) is 0 Å². The molecule has 0 aliphatic carbocycles. The monoisotopic (exact) mass is 327 g/mol. The Kier molecular flexibility index (Phi) is 3.79. The molecular weight excluding hydrogens is 306 g/mol. The average Bonchev–Trinajstić information content (AvgIpc) is 3.21. The zero-order chi connectivity index (χ0) is 15.8. The number of hydrogen-bond acceptors (Lipinski definition) is 5. The van der Waals surface area contributed by atoms with Gasteiger partial charge in [-0.25, -0.2) is 9.67 Å². The molecule has 1 aromatic carbocycles. The second-order valence-electron chi connectivity index (χ2n) is 6.23. The third kappa shape index (κ3) is 2.96. The van der Waals surface area contributed by atoms with Crippen molar-refractivity contribution in [3.8, 4) is 0 Å². The first-order chi connectivity index (χ1) is 11.2. The van der Waals surface area contributed by atoms with Gasteiger partial charge in [0, 0.05) is 32.7 Å². The first-order valence-corrected chi connectivity index (χ1v) is 8.83. The lowest BCUT2D eigenvalue weighted by atomic mass is 10.2. The first kappa shape index (κ1) is 14.7. The van der Waals surface area contributed by atoms with Gasteiger partial charge >= 0.3 is 0 Å². The number of nitrogens with zero attached hydrogens (tertiary/aromatic N) is 4. The highest BCUT2D eigenvalue weighted by Gasteiger charge is 2.23. The molecule has 0 bridgehead atoms. The topological polar surface area (TPSA) is 46.0 Å². The summed E-state index contributed by atoms with van der Waals surface area (Å²) in [4.78, 5) is 7.20. The Balaban J connectivity index is 1.40. The molecule has 3 heterocycles. The van der Waals surface area contributed by atoms with Crippen molar-refractivity contribution in [3.05, 3.63) is 41.6 Å². The van der Waals surface area contributed by atoms with Gasteiger partial charge in [-0.3, -0.25) is 4.90 Å². The van der Waals surface area contributed by atoms with Gasteiger partial charge in [-0.15, -0.1) is 0 Å². The number of aryl methyl sites for hydroxylation is 2. The van der Waals surface area contributed by atoms with Gasteiger partial charge in [0.05, 0.1) is 10.4 Å². The summed E-state index contributed by atoms with van der Waals surface area (Å²) in [6.45, 7) is 5.28. The van der Waals surface area contributed by atoms with Crippen molar-refractivity contribution in [3.63, 3.8) is 0 Å². The lowest BCUT2D eigenvalue weighted by Gasteiger charge is -2.16. The fraction of sp³-hybridized carbons (Fsp3) is 0.412. The third-order valence-corrected chi connectivity index (χ3v) is 5.48. The molecule has 1 aliphatic rings. The van der Waals surface area contributed by atoms with Gasteiger partial charge in [0.25, 0.3) is 0 Å². The summed E-state index contributed by atoms with van der Waals surface area (Å²) in [5, 5.41) is 9.04. The molecule has 5 nitrogen and oxygen atoms in total. The van der Waals surface area contributed by atoms with E-state index in [0.717, 1.165) is 36.1 Å². The Bertz CT molecular complexity index is 773. The summed E-state index contributed by atoms with van der Waals surface area (Å²) in [5.74, 6) is 0. The molecule has 1 aliphatic heterocycles. The number of thiazole rings is 1. The highest BCUT2D eigenvalue weighted by atomic mass is 32.1. The van der Waals surface area contributed by atoms with Gasteiger partial charge in [0.15, 0.2) is 10.8 Å². The number of nitrogens with one attached hydrogen (secondary N) is 1. The number of likely N-dealkylation sites (tertiary alicyclic amines) is 1. The van der Waals surface area contributed by atoms with Gasteiger partial charge in [-0.1, -0.05) is 41.7 Å². The fourth-order valence-corrected chi connectivity index (χ4v) is 4.27. The highest BCUT2D eigenvalue weighted by Crippen LogP contribution is 2.29. The van der Waals surface area contributed by atoms with E-state index in [9.17, 15) is 0 Å². The zero-order valence-corrected chi connectivity index (χ0v) is 14.3. The first-order valence-electron chi connectivity index (χ1n) is 8.02. The summed E-state index contributed by atoms with van der Waals surface area (Å²) in [6, 6.07) is 11.2.